The first-order chi connectivity index (χ1) is 9.54. The van der Waals surface area contributed by atoms with Gasteiger partial charge in [-0.1, -0.05) is 33.6 Å². The van der Waals surface area contributed by atoms with E-state index in [0.717, 1.165) is 10.0 Å². The second-order valence-corrected chi connectivity index (χ2v) is 5.86. The molecule has 102 valence electrons. The van der Waals surface area contributed by atoms with Gasteiger partial charge >= 0.3 is 0 Å². The first-order valence-electron chi connectivity index (χ1n) is 5.99. The van der Waals surface area contributed by atoms with Gasteiger partial charge in [0.15, 0.2) is 5.78 Å². The van der Waals surface area contributed by atoms with Gasteiger partial charge in [-0.25, -0.2) is 4.39 Å². The summed E-state index contributed by atoms with van der Waals surface area (Å²) in [6.07, 6.45) is -0.293. The number of rotatable bonds is 1. The Balaban J connectivity index is 1.99. The molecule has 2 aromatic rings. The number of hydrogen-bond donors (Lipinski definition) is 0. The molecular weight excluding hydrogens is 347 g/mol. The molecule has 1 heterocycles. The van der Waals surface area contributed by atoms with Crippen molar-refractivity contribution in [3.8, 4) is 5.75 Å². The normalized spacial score (nSPS) is 17.6. The predicted octanol–water partition coefficient (Wildman–Crippen LogP) is 4.95. The van der Waals surface area contributed by atoms with Crippen molar-refractivity contribution in [3.05, 3.63) is 62.8 Å². The summed E-state index contributed by atoms with van der Waals surface area (Å²) in [5.74, 6) is -0.192. The van der Waals surface area contributed by atoms with Crippen LogP contribution in [0.2, 0.25) is 5.02 Å². The molecule has 0 N–H and O–H groups in total. The minimum Gasteiger partial charge on any atom is -0.484 e. The Morgan fingerprint density at radius 1 is 1.25 bits per heavy atom. The lowest BCUT2D eigenvalue weighted by molar-refractivity contribution is 0.0849. The van der Waals surface area contributed by atoms with E-state index in [0.29, 0.717) is 10.8 Å². The van der Waals surface area contributed by atoms with Crippen molar-refractivity contribution in [2.45, 2.75) is 12.5 Å². The van der Waals surface area contributed by atoms with E-state index in [1.54, 1.807) is 6.07 Å². The van der Waals surface area contributed by atoms with Crippen molar-refractivity contribution in [1.29, 1.82) is 0 Å². The molecule has 0 bridgehead atoms. The summed E-state index contributed by atoms with van der Waals surface area (Å²) in [5.41, 5.74) is 1.03. The molecule has 0 spiro atoms. The van der Waals surface area contributed by atoms with Crippen LogP contribution < -0.4 is 4.74 Å². The second-order valence-electron chi connectivity index (χ2n) is 4.54. The monoisotopic (exact) mass is 354 g/mol. The van der Waals surface area contributed by atoms with Gasteiger partial charge in [0, 0.05) is 15.1 Å². The number of benzene rings is 2. The Bertz CT molecular complexity index is 702. The SMILES string of the molecule is O=C1CC(c2ccc(Br)cc2Cl)Oc2ccc(F)cc21. The predicted molar refractivity (Wildman–Crippen MR) is 77.9 cm³/mol. The molecule has 0 amide bonds. The molecule has 20 heavy (non-hydrogen) atoms. The van der Waals surface area contributed by atoms with Gasteiger partial charge in [0.1, 0.15) is 17.7 Å². The summed E-state index contributed by atoms with van der Waals surface area (Å²) in [4.78, 5) is 12.1. The Labute approximate surface area is 128 Å². The van der Waals surface area contributed by atoms with Gasteiger partial charge in [-0.3, -0.25) is 4.79 Å². The molecule has 0 fully saturated rings. The first-order valence-corrected chi connectivity index (χ1v) is 7.16. The van der Waals surface area contributed by atoms with Crippen LogP contribution in [0.5, 0.6) is 5.75 Å². The molecule has 1 aliphatic heterocycles. The lowest BCUT2D eigenvalue weighted by Crippen LogP contribution is -2.20. The lowest BCUT2D eigenvalue weighted by Gasteiger charge is -2.26. The number of Topliss-reactive ketones (excluding diaryl/α,β-unsaturated/α-hetero) is 1. The molecule has 0 aromatic heterocycles. The third-order valence-electron chi connectivity index (χ3n) is 3.19. The van der Waals surface area contributed by atoms with Crippen LogP contribution in [-0.4, -0.2) is 5.78 Å². The summed E-state index contributed by atoms with van der Waals surface area (Å²) in [5, 5.41) is 0.530. The standard InChI is InChI=1S/C15H9BrClFO2/c16-8-1-3-10(12(17)5-8)15-7-13(19)11-6-9(18)2-4-14(11)20-15/h1-6,15H,7H2. The average Bonchev–Trinajstić information content (AvgIpc) is 2.39. The molecule has 1 aliphatic rings. The summed E-state index contributed by atoms with van der Waals surface area (Å²) in [6.45, 7) is 0. The third-order valence-corrected chi connectivity index (χ3v) is 4.01. The number of carbonyl (C=O) groups is 1. The Hall–Kier alpha value is -1.39. The maximum absolute atomic E-state index is 13.2. The molecule has 2 nitrogen and oxygen atoms in total. The van der Waals surface area contributed by atoms with Gasteiger partial charge in [-0.2, -0.15) is 0 Å². The van der Waals surface area contributed by atoms with Crippen molar-refractivity contribution < 1.29 is 13.9 Å². The van der Waals surface area contributed by atoms with E-state index in [1.807, 2.05) is 12.1 Å². The molecule has 5 heteroatoms. The Morgan fingerprint density at radius 2 is 2.05 bits per heavy atom. The molecule has 1 unspecified atom stereocenters. The van der Waals surface area contributed by atoms with Gasteiger partial charge in [-0.15, -0.1) is 0 Å². The second kappa shape index (κ2) is 5.19. The van der Waals surface area contributed by atoms with Crippen LogP contribution in [0.3, 0.4) is 0 Å². The third kappa shape index (κ3) is 2.45. The van der Waals surface area contributed by atoms with E-state index in [2.05, 4.69) is 15.9 Å². The maximum Gasteiger partial charge on any atom is 0.170 e. The van der Waals surface area contributed by atoms with Crippen LogP contribution in [0.1, 0.15) is 28.4 Å². The van der Waals surface area contributed by atoms with E-state index < -0.39 is 11.9 Å². The number of fused-ring (bicyclic) bond motifs is 1. The van der Waals surface area contributed by atoms with Crippen molar-refractivity contribution in [2.24, 2.45) is 0 Å². The van der Waals surface area contributed by atoms with Crippen LogP contribution in [0.15, 0.2) is 40.9 Å². The molecular formula is C15H9BrClFO2. The number of hydrogen-bond acceptors (Lipinski definition) is 2. The molecule has 0 saturated heterocycles. The smallest absolute Gasteiger partial charge is 0.170 e. The highest BCUT2D eigenvalue weighted by Gasteiger charge is 2.29. The first kappa shape index (κ1) is 13.6. The molecule has 2 aromatic carbocycles. The Morgan fingerprint density at radius 3 is 2.80 bits per heavy atom. The summed E-state index contributed by atoms with van der Waals surface area (Å²) >= 11 is 9.51. The zero-order chi connectivity index (χ0) is 14.3. The maximum atomic E-state index is 13.2. The minimum atomic E-state index is -0.444. The molecule has 3 rings (SSSR count). The number of halogens is 3. The van der Waals surface area contributed by atoms with Crippen molar-refractivity contribution in [3.63, 3.8) is 0 Å². The highest BCUT2D eigenvalue weighted by Crippen LogP contribution is 2.38. The summed E-state index contributed by atoms with van der Waals surface area (Å²) in [7, 11) is 0. The minimum absolute atomic E-state index is 0.144. The van der Waals surface area contributed by atoms with Crippen LogP contribution in [0.4, 0.5) is 4.39 Å². The number of carbonyl (C=O) groups excluding carboxylic acids is 1. The van der Waals surface area contributed by atoms with E-state index >= 15 is 0 Å². The van der Waals surface area contributed by atoms with Crippen molar-refractivity contribution in [1.82, 2.24) is 0 Å². The van der Waals surface area contributed by atoms with Gasteiger partial charge in [0.2, 0.25) is 0 Å². The quantitative estimate of drug-likeness (QED) is 0.723. The van der Waals surface area contributed by atoms with E-state index in [1.165, 1.54) is 18.2 Å². The number of ketones is 1. The number of ether oxygens (including phenoxy) is 1. The lowest BCUT2D eigenvalue weighted by atomic mass is 9.96. The van der Waals surface area contributed by atoms with Gasteiger partial charge in [0.25, 0.3) is 0 Å². The highest BCUT2D eigenvalue weighted by atomic mass is 79.9. The van der Waals surface area contributed by atoms with E-state index in [-0.39, 0.29) is 17.8 Å². The van der Waals surface area contributed by atoms with Gasteiger partial charge in [0.05, 0.1) is 12.0 Å². The van der Waals surface area contributed by atoms with Crippen molar-refractivity contribution in [2.75, 3.05) is 0 Å². The fourth-order valence-electron chi connectivity index (χ4n) is 2.23. The molecule has 1 atom stereocenters. The van der Waals surface area contributed by atoms with Crippen LogP contribution in [0, 0.1) is 5.82 Å². The van der Waals surface area contributed by atoms with Crippen LogP contribution in [0.25, 0.3) is 0 Å². The molecule has 0 radical (unpaired) electrons. The fourth-order valence-corrected chi connectivity index (χ4v) is 3.03. The van der Waals surface area contributed by atoms with Crippen LogP contribution >= 0.6 is 27.5 Å². The summed E-state index contributed by atoms with van der Waals surface area (Å²) in [6, 6.07) is 9.37. The molecule has 0 saturated carbocycles. The average molecular weight is 356 g/mol. The largest absolute Gasteiger partial charge is 0.484 e. The van der Waals surface area contributed by atoms with Gasteiger partial charge in [-0.05, 0) is 30.3 Å². The van der Waals surface area contributed by atoms with E-state index in [4.69, 9.17) is 16.3 Å². The van der Waals surface area contributed by atoms with E-state index in [9.17, 15) is 9.18 Å². The zero-order valence-corrected chi connectivity index (χ0v) is 12.5. The van der Waals surface area contributed by atoms with Crippen molar-refractivity contribution >= 4 is 33.3 Å². The van der Waals surface area contributed by atoms with Crippen LogP contribution in [-0.2, 0) is 0 Å². The zero-order valence-electron chi connectivity index (χ0n) is 10.2. The molecule has 0 aliphatic carbocycles. The van der Waals surface area contributed by atoms with Gasteiger partial charge < -0.3 is 4.74 Å². The summed E-state index contributed by atoms with van der Waals surface area (Å²) < 4.78 is 19.8. The fraction of sp³-hybridized carbons (Fsp3) is 0.133. The Kier molecular flexibility index (Phi) is 3.52. The highest BCUT2D eigenvalue weighted by molar-refractivity contribution is 9.10. The topological polar surface area (TPSA) is 26.3 Å².